The summed E-state index contributed by atoms with van der Waals surface area (Å²) < 4.78 is 13.8. The quantitative estimate of drug-likeness (QED) is 0.395. The molecule has 9 heteroatoms. The molecule has 8 nitrogen and oxygen atoms in total. The average Bonchev–Trinajstić information content (AvgIpc) is 3.21. The Hall–Kier alpha value is -3.46. The summed E-state index contributed by atoms with van der Waals surface area (Å²) in [5.41, 5.74) is 1.81. The number of anilines is 2. The minimum atomic E-state index is -0.402. The second-order valence-electron chi connectivity index (χ2n) is 7.79. The van der Waals surface area contributed by atoms with Gasteiger partial charge in [0.25, 0.3) is 0 Å². The first kappa shape index (κ1) is 22.7. The van der Waals surface area contributed by atoms with Crippen molar-refractivity contribution in [3.8, 4) is 11.5 Å². The number of benzene rings is 2. The minimum Gasteiger partial charge on any atom is -0.485 e. The monoisotopic (exact) mass is 465 g/mol. The Bertz CT molecular complexity index is 1130. The van der Waals surface area contributed by atoms with E-state index in [-0.39, 0.29) is 11.2 Å². The van der Waals surface area contributed by atoms with Crippen molar-refractivity contribution in [1.29, 1.82) is 0 Å². The van der Waals surface area contributed by atoms with Crippen LogP contribution in [0, 0.1) is 0 Å². The van der Waals surface area contributed by atoms with E-state index >= 15 is 0 Å². The molecule has 2 aromatic carbocycles. The first-order valence-corrected chi connectivity index (χ1v) is 11.5. The summed E-state index contributed by atoms with van der Waals surface area (Å²) in [7, 11) is 3.95. The highest BCUT2D eigenvalue weighted by molar-refractivity contribution is 8.00. The number of para-hydroxylation sites is 2. The fourth-order valence-electron chi connectivity index (χ4n) is 3.37. The molecule has 0 radical (unpaired) electrons. The molecule has 0 bridgehead atoms. The van der Waals surface area contributed by atoms with Gasteiger partial charge in [-0.3, -0.25) is 9.36 Å². The van der Waals surface area contributed by atoms with Gasteiger partial charge in [-0.2, -0.15) is 0 Å². The van der Waals surface area contributed by atoms with Crippen molar-refractivity contribution in [1.82, 2.24) is 14.8 Å². The van der Waals surface area contributed by atoms with Gasteiger partial charge in [0, 0.05) is 32.0 Å². The number of amides is 1. The molecule has 2 atom stereocenters. The zero-order valence-corrected chi connectivity index (χ0v) is 19.7. The second kappa shape index (κ2) is 9.99. The van der Waals surface area contributed by atoms with E-state index in [9.17, 15) is 4.79 Å². The zero-order valence-electron chi connectivity index (χ0n) is 18.9. The molecule has 33 heavy (non-hydrogen) atoms. The lowest BCUT2D eigenvalue weighted by Crippen LogP contribution is -2.25. The van der Waals surface area contributed by atoms with Gasteiger partial charge in [0.1, 0.15) is 6.61 Å². The van der Waals surface area contributed by atoms with E-state index in [1.165, 1.54) is 11.8 Å². The molecule has 3 aromatic rings. The predicted molar refractivity (Wildman–Crippen MR) is 130 cm³/mol. The van der Waals surface area contributed by atoms with Gasteiger partial charge >= 0.3 is 0 Å². The van der Waals surface area contributed by atoms with Gasteiger partial charge in [-0.1, -0.05) is 30.0 Å². The van der Waals surface area contributed by atoms with Crippen molar-refractivity contribution in [3.63, 3.8) is 0 Å². The van der Waals surface area contributed by atoms with Crippen LogP contribution < -0.4 is 19.7 Å². The molecule has 0 unspecified atom stereocenters. The Balaban J connectivity index is 1.46. The largest absolute Gasteiger partial charge is 0.485 e. The number of ether oxygens (including phenoxy) is 2. The second-order valence-corrected chi connectivity index (χ2v) is 9.10. The van der Waals surface area contributed by atoms with E-state index in [1.807, 2.05) is 79.0 Å². The van der Waals surface area contributed by atoms with Crippen LogP contribution in [0.5, 0.6) is 11.5 Å². The van der Waals surface area contributed by atoms with E-state index in [1.54, 1.807) is 6.08 Å². The number of allylic oxidation sites excluding steroid dienone is 1. The Morgan fingerprint density at radius 2 is 1.97 bits per heavy atom. The van der Waals surface area contributed by atoms with Gasteiger partial charge in [-0.15, -0.1) is 16.8 Å². The highest BCUT2D eigenvalue weighted by atomic mass is 32.2. The van der Waals surface area contributed by atoms with Crippen molar-refractivity contribution < 1.29 is 14.3 Å². The van der Waals surface area contributed by atoms with Crippen LogP contribution in [0.25, 0.3) is 0 Å². The molecule has 1 amide bonds. The Kier molecular flexibility index (Phi) is 6.88. The molecule has 0 saturated heterocycles. The fraction of sp³-hybridized carbons (Fsp3) is 0.292. The normalized spacial score (nSPS) is 15.5. The Morgan fingerprint density at radius 1 is 1.24 bits per heavy atom. The first-order valence-electron chi connectivity index (χ1n) is 10.6. The number of hydrogen-bond donors (Lipinski definition) is 1. The minimum absolute atomic E-state index is 0.113. The van der Waals surface area contributed by atoms with Gasteiger partial charge in [0.05, 0.1) is 5.25 Å². The summed E-state index contributed by atoms with van der Waals surface area (Å²) in [4.78, 5) is 14.8. The lowest BCUT2D eigenvalue weighted by molar-refractivity contribution is -0.115. The number of hydrogen-bond acceptors (Lipinski definition) is 7. The maximum absolute atomic E-state index is 12.8. The first-order chi connectivity index (χ1) is 16.0. The average molecular weight is 466 g/mol. The van der Waals surface area contributed by atoms with E-state index in [0.717, 1.165) is 11.4 Å². The third-order valence-corrected chi connectivity index (χ3v) is 6.24. The smallest absolute Gasteiger partial charge is 0.237 e. The molecule has 2 heterocycles. The molecule has 4 rings (SSSR count). The van der Waals surface area contributed by atoms with Crippen LogP contribution in [0.15, 0.2) is 66.3 Å². The highest BCUT2D eigenvalue weighted by Crippen LogP contribution is 2.36. The maximum atomic E-state index is 12.8. The molecular weight excluding hydrogens is 438 g/mol. The molecule has 0 aliphatic carbocycles. The van der Waals surface area contributed by atoms with Crippen molar-refractivity contribution in [2.75, 3.05) is 30.9 Å². The molecule has 1 N–H and O–H groups in total. The molecule has 1 aliphatic rings. The summed E-state index contributed by atoms with van der Waals surface area (Å²) in [6, 6.07) is 15.2. The number of carbonyl (C=O) groups excluding carboxylic acids is 1. The number of nitrogens with one attached hydrogen (secondary N) is 1. The maximum Gasteiger partial charge on any atom is 0.237 e. The topological polar surface area (TPSA) is 81.5 Å². The van der Waals surface area contributed by atoms with Crippen LogP contribution >= 0.6 is 11.8 Å². The van der Waals surface area contributed by atoms with Crippen LogP contribution in [0.3, 0.4) is 0 Å². The molecule has 0 spiro atoms. The van der Waals surface area contributed by atoms with E-state index in [0.29, 0.717) is 35.6 Å². The summed E-state index contributed by atoms with van der Waals surface area (Å²) >= 11 is 1.34. The lowest BCUT2D eigenvalue weighted by Gasteiger charge is -2.26. The van der Waals surface area contributed by atoms with Crippen molar-refractivity contribution >= 4 is 29.0 Å². The third kappa shape index (κ3) is 5.14. The van der Waals surface area contributed by atoms with Crippen LogP contribution in [-0.2, 0) is 11.3 Å². The number of rotatable bonds is 8. The zero-order chi connectivity index (χ0) is 23.4. The van der Waals surface area contributed by atoms with Crippen molar-refractivity contribution in [2.24, 2.45) is 0 Å². The highest BCUT2D eigenvalue weighted by Gasteiger charge is 2.29. The Labute approximate surface area is 197 Å². The van der Waals surface area contributed by atoms with Gasteiger partial charge < -0.3 is 19.7 Å². The van der Waals surface area contributed by atoms with Gasteiger partial charge in [0.2, 0.25) is 5.91 Å². The summed E-state index contributed by atoms with van der Waals surface area (Å²) in [5.74, 6) is 1.91. The third-order valence-electron chi connectivity index (χ3n) is 5.16. The van der Waals surface area contributed by atoms with Crippen LogP contribution in [0.1, 0.15) is 18.9 Å². The van der Waals surface area contributed by atoms with Crippen LogP contribution in [0.2, 0.25) is 0 Å². The molecule has 0 saturated carbocycles. The van der Waals surface area contributed by atoms with Crippen molar-refractivity contribution in [3.05, 3.63) is 67.0 Å². The number of aromatic nitrogens is 3. The summed E-state index contributed by atoms with van der Waals surface area (Å²) in [5, 5.41) is 11.9. The van der Waals surface area contributed by atoms with Crippen LogP contribution in [-0.4, -0.2) is 46.6 Å². The Morgan fingerprint density at radius 3 is 2.67 bits per heavy atom. The predicted octanol–water partition coefficient (Wildman–Crippen LogP) is 4.16. The number of carbonyl (C=O) groups is 1. The van der Waals surface area contributed by atoms with Gasteiger partial charge in [-0.05, 0) is 43.3 Å². The molecule has 1 aliphatic heterocycles. The SMILES string of the molecule is C=CCn1c(S[C@@H](C)C(=O)Nc2ccc(N(C)C)cc2)nnc1[C@@H]1COc2ccccc2O1. The molecule has 172 valence electrons. The molecule has 0 fully saturated rings. The standard InChI is InChI=1S/C24H27N5O3S/c1-5-14-29-22(21-15-31-19-8-6-7-9-20(19)32-21)26-27-24(29)33-16(2)23(30)25-17-10-12-18(13-11-17)28(3)4/h5-13,16,21H,1,14-15H2,2-4H3,(H,25,30)/t16-,21-/m0/s1. The van der Waals surface area contributed by atoms with Crippen LogP contribution in [0.4, 0.5) is 11.4 Å². The van der Waals surface area contributed by atoms with E-state index < -0.39 is 6.10 Å². The van der Waals surface area contributed by atoms with E-state index in [4.69, 9.17) is 9.47 Å². The van der Waals surface area contributed by atoms with Crippen molar-refractivity contribution in [2.45, 2.75) is 30.0 Å². The summed E-state index contributed by atoms with van der Waals surface area (Å²) in [6.45, 7) is 6.51. The lowest BCUT2D eigenvalue weighted by atomic mass is 10.2. The number of fused-ring (bicyclic) bond motifs is 1. The number of thioether (sulfide) groups is 1. The van der Waals surface area contributed by atoms with E-state index in [2.05, 4.69) is 22.1 Å². The van der Waals surface area contributed by atoms with Gasteiger partial charge in [-0.25, -0.2) is 0 Å². The fourth-order valence-corrected chi connectivity index (χ4v) is 4.24. The number of nitrogens with zero attached hydrogens (tertiary/aromatic N) is 4. The van der Waals surface area contributed by atoms with Gasteiger partial charge in [0.15, 0.2) is 28.6 Å². The molecule has 1 aromatic heterocycles. The summed E-state index contributed by atoms with van der Waals surface area (Å²) in [6.07, 6.45) is 1.37. The molecular formula is C24H27N5O3S.